The molecular weight excluding hydrogens is 252 g/mol. The summed E-state index contributed by atoms with van der Waals surface area (Å²) in [7, 11) is 0. The standard InChI is InChI=1S/C9H2O9/c10-1-2-4(11)16-3(1)8(18-7(14)15-2)5(12)9(8)6(13)17-9/h3,10H/t3-,8-,9?/m0/s1. The molecule has 4 rings (SSSR count). The largest absolute Gasteiger partial charge is 0.515 e. The number of fused-ring (bicyclic) bond motifs is 3. The van der Waals surface area contributed by atoms with Gasteiger partial charge in [-0.3, -0.25) is 4.79 Å². The number of ketones is 1. The fraction of sp³-hybridized carbons (Fsp3) is 0.333. The van der Waals surface area contributed by atoms with Gasteiger partial charge in [-0.2, -0.15) is 0 Å². The van der Waals surface area contributed by atoms with Gasteiger partial charge in [-0.05, 0) is 0 Å². The highest BCUT2D eigenvalue weighted by atomic mass is 16.8. The van der Waals surface area contributed by atoms with Crippen molar-refractivity contribution >= 4 is 23.9 Å². The molecule has 1 saturated carbocycles. The molecule has 92 valence electrons. The van der Waals surface area contributed by atoms with Crippen LogP contribution < -0.4 is 0 Å². The topological polar surface area (TPSA) is 129 Å². The second-order valence-electron chi connectivity index (χ2n) is 4.09. The molecule has 0 amide bonds. The van der Waals surface area contributed by atoms with E-state index >= 15 is 0 Å². The van der Waals surface area contributed by atoms with E-state index in [9.17, 15) is 24.3 Å². The molecule has 1 N–H and O–H groups in total. The van der Waals surface area contributed by atoms with Crippen molar-refractivity contribution in [2.24, 2.45) is 0 Å². The fourth-order valence-electron chi connectivity index (χ4n) is 2.35. The summed E-state index contributed by atoms with van der Waals surface area (Å²) >= 11 is 0. The van der Waals surface area contributed by atoms with Gasteiger partial charge in [0.15, 0.2) is 5.76 Å². The van der Waals surface area contributed by atoms with Crippen molar-refractivity contribution in [3.05, 3.63) is 11.5 Å². The number of esters is 1. The molecule has 2 spiro atoms. The monoisotopic (exact) mass is 254 g/mol. The van der Waals surface area contributed by atoms with Gasteiger partial charge in [0.1, 0.15) is 0 Å². The van der Waals surface area contributed by atoms with Gasteiger partial charge >= 0.3 is 23.7 Å². The van der Waals surface area contributed by atoms with E-state index in [2.05, 4.69) is 18.9 Å². The Morgan fingerprint density at radius 2 is 1.78 bits per heavy atom. The number of hydrogen-bond donors (Lipinski definition) is 1. The average Bonchev–Trinajstić information content (AvgIpc) is 3.07. The van der Waals surface area contributed by atoms with Crippen LogP contribution >= 0.6 is 0 Å². The van der Waals surface area contributed by atoms with E-state index in [0.717, 1.165) is 0 Å². The first kappa shape index (κ1) is 9.45. The molecule has 0 radical (unpaired) electrons. The van der Waals surface area contributed by atoms with Crippen molar-refractivity contribution in [3.63, 3.8) is 0 Å². The number of epoxide rings is 1. The molecule has 0 aromatic carbocycles. The molecule has 9 heteroatoms. The quantitative estimate of drug-likeness (QED) is 0.236. The van der Waals surface area contributed by atoms with Crippen LogP contribution in [0.2, 0.25) is 0 Å². The first-order chi connectivity index (χ1) is 8.45. The fourth-order valence-corrected chi connectivity index (χ4v) is 2.35. The second-order valence-corrected chi connectivity index (χ2v) is 4.09. The molecule has 2 fully saturated rings. The number of Topliss-reactive ketones (excluding diaryl/α,β-unsaturated/α-hetero) is 1. The van der Waals surface area contributed by atoms with Gasteiger partial charge in [0.2, 0.25) is 11.9 Å². The van der Waals surface area contributed by atoms with Crippen LogP contribution in [0.4, 0.5) is 4.79 Å². The third-order valence-corrected chi connectivity index (χ3v) is 3.30. The summed E-state index contributed by atoms with van der Waals surface area (Å²) in [6, 6.07) is 0. The Bertz CT molecular complexity index is 616. The number of ether oxygens (including phenoxy) is 4. The van der Waals surface area contributed by atoms with E-state index in [1.807, 2.05) is 0 Å². The maximum atomic E-state index is 11.7. The summed E-state index contributed by atoms with van der Waals surface area (Å²) in [5.74, 6) is -4.41. The zero-order chi connectivity index (χ0) is 12.9. The molecule has 3 aliphatic heterocycles. The summed E-state index contributed by atoms with van der Waals surface area (Å²) in [6.07, 6.45) is -2.99. The summed E-state index contributed by atoms with van der Waals surface area (Å²) in [5.41, 5.74) is -4.11. The van der Waals surface area contributed by atoms with E-state index in [0.29, 0.717) is 0 Å². The molecule has 0 aromatic heterocycles. The average molecular weight is 254 g/mol. The second kappa shape index (κ2) is 2.19. The SMILES string of the molecule is O=C1OC2=C(O)[C@H](OC2=O)[C@]2(O1)C(=O)C21OC1=O. The van der Waals surface area contributed by atoms with E-state index in [4.69, 9.17) is 0 Å². The van der Waals surface area contributed by atoms with E-state index in [-0.39, 0.29) is 0 Å². The molecule has 2 bridgehead atoms. The van der Waals surface area contributed by atoms with Crippen LogP contribution in [0.1, 0.15) is 0 Å². The minimum absolute atomic E-state index is 0.746. The highest BCUT2D eigenvalue weighted by Gasteiger charge is 3.02. The summed E-state index contributed by atoms with van der Waals surface area (Å²) < 4.78 is 18.3. The molecule has 3 atom stereocenters. The number of rotatable bonds is 0. The van der Waals surface area contributed by atoms with Gasteiger partial charge in [-0.1, -0.05) is 0 Å². The summed E-state index contributed by atoms with van der Waals surface area (Å²) in [6.45, 7) is 0. The lowest BCUT2D eigenvalue weighted by Crippen LogP contribution is -2.41. The lowest BCUT2D eigenvalue weighted by molar-refractivity contribution is -0.155. The lowest BCUT2D eigenvalue weighted by atomic mass is 10.1. The lowest BCUT2D eigenvalue weighted by Gasteiger charge is -2.18. The number of aliphatic hydroxyl groups is 1. The van der Waals surface area contributed by atoms with E-state index < -0.39 is 52.7 Å². The van der Waals surface area contributed by atoms with Crippen LogP contribution in [0, 0.1) is 0 Å². The highest BCUT2D eigenvalue weighted by Crippen LogP contribution is 2.64. The minimum Gasteiger partial charge on any atom is -0.505 e. The number of hydrogen-bond acceptors (Lipinski definition) is 9. The Balaban J connectivity index is 1.90. The molecule has 0 aromatic rings. The van der Waals surface area contributed by atoms with Crippen molar-refractivity contribution < 1.29 is 43.2 Å². The van der Waals surface area contributed by atoms with Crippen LogP contribution in [0.25, 0.3) is 0 Å². The molecule has 1 unspecified atom stereocenters. The maximum Gasteiger partial charge on any atom is 0.515 e. The predicted molar refractivity (Wildman–Crippen MR) is 43.7 cm³/mol. The van der Waals surface area contributed by atoms with Crippen molar-refractivity contribution in [1.82, 2.24) is 0 Å². The Hall–Kier alpha value is -2.58. The molecule has 18 heavy (non-hydrogen) atoms. The Labute approximate surface area is 96.8 Å². The van der Waals surface area contributed by atoms with Gasteiger partial charge in [0, 0.05) is 0 Å². The number of aliphatic hydroxyl groups excluding tert-OH is 1. The maximum absolute atomic E-state index is 11.7. The molecule has 9 nitrogen and oxygen atoms in total. The van der Waals surface area contributed by atoms with Crippen molar-refractivity contribution in [1.29, 1.82) is 0 Å². The van der Waals surface area contributed by atoms with E-state index in [1.165, 1.54) is 0 Å². The van der Waals surface area contributed by atoms with Crippen LogP contribution in [-0.2, 0) is 33.3 Å². The van der Waals surface area contributed by atoms with Gasteiger partial charge < -0.3 is 24.1 Å². The number of carbonyl (C=O) groups excluding carboxylic acids is 4. The first-order valence-electron chi connectivity index (χ1n) is 4.78. The third kappa shape index (κ3) is 0.650. The van der Waals surface area contributed by atoms with Crippen molar-refractivity contribution in [3.8, 4) is 0 Å². The molecule has 4 aliphatic rings. The zero-order valence-electron chi connectivity index (χ0n) is 8.29. The summed E-state index contributed by atoms with van der Waals surface area (Å²) in [5, 5.41) is 9.67. The number of carbonyl (C=O) groups is 4. The molecule has 1 saturated heterocycles. The van der Waals surface area contributed by atoms with Crippen LogP contribution in [0.15, 0.2) is 11.5 Å². The highest BCUT2D eigenvalue weighted by molar-refractivity contribution is 6.38. The normalized spacial score (nSPS) is 43.4. The molecule has 3 heterocycles. The predicted octanol–water partition coefficient (Wildman–Crippen LogP) is -1.53. The van der Waals surface area contributed by atoms with Gasteiger partial charge in [0.25, 0.3) is 11.4 Å². The Morgan fingerprint density at radius 1 is 1.11 bits per heavy atom. The third-order valence-electron chi connectivity index (χ3n) is 3.30. The van der Waals surface area contributed by atoms with E-state index in [1.54, 1.807) is 0 Å². The smallest absolute Gasteiger partial charge is 0.505 e. The van der Waals surface area contributed by atoms with Crippen molar-refractivity contribution in [2.75, 3.05) is 0 Å². The van der Waals surface area contributed by atoms with Gasteiger partial charge in [0.05, 0.1) is 0 Å². The summed E-state index contributed by atoms with van der Waals surface area (Å²) in [4.78, 5) is 45.4. The van der Waals surface area contributed by atoms with Gasteiger partial charge in [-0.25, -0.2) is 14.4 Å². The zero-order valence-corrected chi connectivity index (χ0v) is 8.29. The van der Waals surface area contributed by atoms with Crippen molar-refractivity contribution in [2.45, 2.75) is 17.3 Å². The first-order valence-corrected chi connectivity index (χ1v) is 4.78. The van der Waals surface area contributed by atoms with Crippen LogP contribution in [0.3, 0.4) is 0 Å². The Kier molecular flexibility index (Phi) is 1.15. The molecule has 1 aliphatic carbocycles. The minimum atomic E-state index is -2.15. The van der Waals surface area contributed by atoms with Crippen LogP contribution in [0.5, 0.6) is 0 Å². The van der Waals surface area contributed by atoms with Gasteiger partial charge in [-0.15, -0.1) is 0 Å². The van der Waals surface area contributed by atoms with Crippen LogP contribution in [-0.4, -0.2) is 46.3 Å². The molecular formula is C9H2O9. The Morgan fingerprint density at radius 3 is 2.33 bits per heavy atom.